The van der Waals surface area contributed by atoms with E-state index in [-0.39, 0.29) is 11.8 Å². The van der Waals surface area contributed by atoms with Crippen LogP contribution in [0.1, 0.15) is 110 Å². The molecule has 1 atom stereocenters. The Balaban J connectivity index is 3.49. The van der Waals surface area contributed by atoms with Crippen molar-refractivity contribution in [3.05, 3.63) is 0 Å². The average Bonchev–Trinajstić information content (AvgIpc) is 2.59. The second-order valence-electron chi connectivity index (χ2n) is 9.02. The smallest absolute Gasteiger partial charge is 0.265 e. The molecular formula is C22H48NO3S+. The quantitative estimate of drug-likeness (QED) is 0.158. The summed E-state index contributed by atoms with van der Waals surface area (Å²) >= 11 is 0. The summed E-state index contributed by atoms with van der Waals surface area (Å²) in [5.74, 6) is -0.130. The zero-order valence-electron chi connectivity index (χ0n) is 18.7. The normalized spacial score (nSPS) is 13.8. The number of hydrogen-bond donors (Lipinski definition) is 1. The maximum Gasteiger partial charge on any atom is 0.265 e. The van der Waals surface area contributed by atoms with Gasteiger partial charge in [-0.25, -0.2) is 0 Å². The molecule has 0 aliphatic heterocycles. The number of unbranched alkanes of at least 4 members (excludes halogenated alkanes) is 13. The van der Waals surface area contributed by atoms with Crippen molar-refractivity contribution in [1.82, 2.24) is 0 Å². The molecule has 0 aromatic carbocycles. The van der Waals surface area contributed by atoms with Crippen LogP contribution in [0.15, 0.2) is 0 Å². The van der Waals surface area contributed by atoms with Gasteiger partial charge in [0.25, 0.3) is 10.1 Å². The van der Waals surface area contributed by atoms with Crippen molar-refractivity contribution in [2.24, 2.45) is 0 Å². The summed E-state index contributed by atoms with van der Waals surface area (Å²) in [5.41, 5.74) is 0. The largest absolute Gasteiger partial charge is 0.326 e. The Kier molecular flexibility index (Phi) is 15.7. The highest BCUT2D eigenvalue weighted by Gasteiger charge is 2.24. The van der Waals surface area contributed by atoms with Crippen molar-refractivity contribution in [3.8, 4) is 0 Å². The van der Waals surface area contributed by atoms with Gasteiger partial charge in [-0.2, -0.15) is 8.42 Å². The molecule has 0 aliphatic rings. The average molecular weight is 407 g/mol. The van der Waals surface area contributed by atoms with Crippen LogP contribution in [0.5, 0.6) is 0 Å². The molecule has 0 aromatic heterocycles. The van der Waals surface area contributed by atoms with Gasteiger partial charge in [0.15, 0.2) is 0 Å². The molecule has 0 aliphatic carbocycles. The van der Waals surface area contributed by atoms with Crippen molar-refractivity contribution < 1.29 is 17.5 Å². The first-order valence-corrected chi connectivity index (χ1v) is 13.1. The second-order valence-corrected chi connectivity index (χ2v) is 10.6. The van der Waals surface area contributed by atoms with Crippen LogP contribution < -0.4 is 0 Å². The minimum Gasteiger partial charge on any atom is -0.326 e. The van der Waals surface area contributed by atoms with Gasteiger partial charge in [-0.05, 0) is 19.8 Å². The predicted molar refractivity (Wildman–Crippen MR) is 118 cm³/mol. The molecule has 0 bridgehead atoms. The molecule has 0 saturated carbocycles. The van der Waals surface area contributed by atoms with Crippen molar-refractivity contribution in [1.29, 1.82) is 0 Å². The monoisotopic (exact) mass is 406 g/mol. The molecule has 27 heavy (non-hydrogen) atoms. The maximum atomic E-state index is 10.9. The number of rotatable bonds is 19. The van der Waals surface area contributed by atoms with Crippen LogP contribution in [0.4, 0.5) is 0 Å². The van der Waals surface area contributed by atoms with Gasteiger partial charge >= 0.3 is 0 Å². The fourth-order valence-electron chi connectivity index (χ4n) is 3.60. The molecule has 0 amide bonds. The lowest BCUT2D eigenvalue weighted by molar-refractivity contribution is -0.913. The van der Waals surface area contributed by atoms with E-state index in [4.69, 9.17) is 4.55 Å². The Morgan fingerprint density at radius 3 is 1.48 bits per heavy atom. The summed E-state index contributed by atoms with van der Waals surface area (Å²) in [6, 6.07) is 0.244. The molecular weight excluding hydrogens is 358 g/mol. The van der Waals surface area contributed by atoms with Gasteiger partial charge < -0.3 is 4.48 Å². The molecule has 0 fully saturated rings. The van der Waals surface area contributed by atoms with E-state index in [0.717, 1.165) is 11.0 Å². The first-order chi connectivity index (χ1) is 12.7. The lowest BCUT2D eigenvalue weighted by atomic mass is 10.0. The Morgan fingerprint density at radius 2 is 1.11 bits per heavy atom. The van der Waals surface area contributed by atoms with Crippen LogP contribution in [-0.2, 0) is 10.1 Å². The van der Waals surface area contributed by atoms with Crippen LogP contribution in [0, 0.1) is 0 Å². The van der Waals surface area contributed by atoms with Crippen molar-refractivity contribution in [2.75, 3.05) is 26.4 Å². The summed E-state index contributed by atoms with van der Waals surface area (Å²) in [4.78, 5) is 0. The number of hydrogen-bond acceptors (Lipinski definition) is 2. The molecule has 0 heterocycles. The van der Waals surface area contributed by atoms with Gasteiger partial charge in [0.1, 0.15) is 0 Å². The molecule has 0 spiro atoms. The first kappa shape index (κ1) is 26.9. The van der Waals surface area contributed by atoms with Gasteiger partial charge in [0.05, 0.1) is 32.4 Å². The van der Waals surface area contributed by atoms with Crippen LogP contribution in [0.25, 0.3) is 0 Å². The fourth-order valence-corrected chi connectivity index (χ4v) is 4.24. The van der Waals surface area contributed by atoms with E-state index in [1.165, 1.54) is 89.9 Å². The van der Waals surface area contributed by atoms with Crippen LogP contribution in [0.3, 0.4) is 0 Å². The maximum absolute atomic E-state index is 10.9. The highest BCUT2D eigenvalue weighted by atomic mass is 32.2. The summed E-state index contributed by atoms with van der Waals surface area (Å²) in [6.07, 6.45) is 19.7. The number of quaternary nitrogens is 1. The zero-order valence-corrected chi connectivity index (χ0v) is 19.5. The summed E-state index contributed by atoms with van der Waals surface area (Å²) in [6.45, 7) is 5.42. The van der Waals surface area contributed by atoms with E-state index in [9.17, 15) is 8.42 Å². The summed E-state index contributed by atoms with van der Waals surface area (Å²) in [7, 11) is 0.488. The molecule has 164 valence electrons. The van der Waals surface area contributed by atoms with E-state index >= 15 is 0 Å². The van der Waals surface area contributed by atoms with Gasteiger partial charge in [-0.15, -0.1) is 0 Å². The zero-order chi connectivity index (χ0) is 20.6. The standard InChI is InChI=1S/C22H47NO3S/c1-5-6-7-8-9-10-11-12-13-14-15-16-17-18-20-23(3,4)22(2)19-21-27(24,25)26/h22H,5-21H2,1-4H3/p+1. The fraction of sp³-hybridized carbons (Fsp3) is 1.00. The Morgan fingerprint density at radius 1 is 0.741 bits per heavy atom. The Bertz CT molecular complexity index is 435. The molecule has 5 heteroatoms. The van der Waals surface area contributed by atoms with Crippen molar-refractivity contribution in [2.45, 2.75) is 116 Å². The molecule has 4 nitrogen and oxygen atoms in total. The third kappa shape index (κ3) is 17.7. The van der Waals surface area contributed by atoms with Crippen LogP contribution in [0.2, 0.25) is 0 Å². The van der Waals surface area contributed by atoms with E-state index in [0.29, 0.717) is 6.42 Å². The van der Waals surface area contributed by atoms with E-state index in [1.54, 1.807) is 0 Å². The third-order valence-corrected chi connectivity index (χ3v) is 6.83. The molecule has 0 saturated heterocycles. The Labute approximate surface area is 170 Å². The molecule has 0 aromatic rings. The SMILES string of the molecule is CCCCCCCCCCCCCCCC[N+](C)(C)C(C)CCS(=O)(=O)O. The molecule has 1 N–H and O–H groups in total. The lowest BCUT2D eigenvalue weighted by Gasteiger charge is -2.36. The van der Waals surface area contributed by atoms with E-state index in [1.807, 2.05) is 0 Å². The van der Waals surface area contributed by atoms with Crippen molar-refractivity contribution >= 4 is 10.1 Å². The second kappa shape index (κ2) is 15.8. The summed E-state index contributed by atoms with van der Waals surface area (Å²) < 4.78 is 31.5. The minimum atomic E-state index is -3.84. The van der Waals surface area contributed by atoms with Gasteiger partial charge in [0.2, 0.25) is 0 Å². The molecule has 0 radical (unpaired) electrons. The molecule has 1 unspecified atom stereocenters. The topological polar surface area (TPSA) is 54.4 Å². The number of nitrogens with zero attached hydrogens (tertiary/aromatic N) is 1. The van der Waals surface area contributed by atoms with Crippen molar-refractivity contribution in [3.63, 3.8) is 0 Å². The van der Waals surface area contributed by atoms with Gasteiger partial charge in [-0.3, -0.25) is 4.55 Å². The first-order valence-electron chi connectivity index (χ1n) is 11.5. The van der Waals surface area contributed by atoms with Gasteiger partial charge in [0, 0.05) is 6.42 Å². The van der Waals surface area contributed by atoms with Gasteiger partial charge in [-0.1, -0.05) is 84.0 Å². The predicted octanol–water partition coefficient (Wildman–Crippen LogP) is 6.21. The lowest BCUT2D eigenvalue weighted by Crippen LogP contribution is -2.48. The van der Waals surface area contributed by atoms with Crippen LogP contribution >= 0.6 is 0 Å². The summed E-state index contributed by atoms with van der Waals surface area (Å²) in [5, 5.41) is 0. The van der Waals surface area contributed by atoms with Crippen LogP contribution in [-0.4, -0.2) is 49.9 Å². The Hall–Kier alpha value is -0.130. The highest BCUT2D eigenvalue weighted by Crippen LogP contribution is 2.16. The third-order valence-electron chi connectivity index (χ3n) is 6.07. The van der Waals surface area contributed by atoms with E-state index in [2.05, 4.69) is 27.9 Å². The molecule has 0 rings (SSSR count). The highest BCUT2D eigenvalue weighted by molar-refractivity contribution is 7.85. The van der Waals surface area contributed by atoms with E-state index < -0.39 is 10.1 Å². The minimum absolute atomic E-state index is 0.130.